The number of likely N-dealkylation sites (tertiary alicyclic amines) is 1. The summed E-state index contributed by atoms with van der Waals surface area (Å²) in [6.45, 7) is 3.17. The van der Waals surface area contributed by atoms with E-state index < -0.39 is 0 Å². The summed E-state index contributed by atoms with van der Waals surface area (Å²) in [5, 5.41) is 1.64. The second-order valence-corrected chi connectivity index (χ2v) is 8.83. The minimum Gasteiger partial charge on any atom is -0.340 e. The molecule has 30 heavy (non-hydrogen) atoms. The molecule has 152 valence electrons. The van der Waals surface area contributed by atoms with Crippen LogP contribution in [-0.2, 0) is 11.3 Å². The van der Waals surface area contributed by atoms with Gasteiger partial charge >= 0.3 is 0 Å². The number of hydrogen-bond acceptors (Lipinski definition) is 5. The number of amides is 1. The van der Waals surface area contributed by atoms with Gasteiger partial charge in [0.15, 0.2) is 0 Å². The zero-order valence-corrected chi connectivity index (χ0v) is 17.6. The highest BCUT2D eigenvalue weighted by atomic mass is 32.1. The van der Waals surface area contributed by atoms with Crippen LogP contribution in [-0.4, -0.2) is 38.4 Å². The largest absolute Gasteiger partial charge is 0.340 e. The van der Waals surface area contributed by atoms with Gasteiger partial charge in [-0.2, -0.15) is 0 Å². The number of benzene rings is 2. The summed E-state index contributed by atoms with van der Waals surface area (Å²) in [4.78, 5) is 37.1. The number of carbonyl (C=O) groups is 1. The van der Waals surface area contributed by atoms with Crippen molar-refractivity contribution in [2.24, 2.45) is 0 Å². The van der Waals surface area contributed by atoms with Crippen LogP contribution >= 0.6 is 11.3 Å². The maximum atomic E-state index is 13.1. The van der Waals surface area contributed by atoms with Gasteiger partial charge in [0.05, 0.1) is 26.1 Å². The van der Waals surface area contributed by atoms with E-state index in [0.29, 0.717) is 23.3 Å². The third-order valence-electron chi connectivity index (χ3n) is 5.78. The molecule has 0 radical (unpaired) electrons. The average molecular weight is 419 g/mol. The number of fused-ring (bicyclic) bond motifs is 2. The van der Waals surface area contributed by atoms with Crippen molar-refractivity contribution in [2.75, 3.05) is 13.1 Å². The Morgan fingerprint density at radius 2 is 1.87 bits per heavy atom. The Morgan fingerprint density at radius 3 is 2.70 bits per heavy atom. The first-order valence-electron chi connectivity index (χ1n) is 10.2. The number of para-hydroxylation sites is 2. The number of piperidine rings is 1. The molecule has 6 nitrogen and oxygen atoms in total. The van der Waals surface area contributed by atoms with Gasteiger partial charge in [-0.05, 0) is 44.0 Å². The number of nitrogens with zero attached hydrogens (tertiary/aromatic N) is 4. The van der Waals surface area contributed by atoms with E-state index in [2.05, 4.69) is 11.1 Å². The fraction of sp³-hybridized carbons (Fsp3) is 0.304. The highest BCUT2D eigenvalue weighted by Gasteiger charge is 2.27. The Hall–Kier alpha value is -3.06. The summed E-state index contributed by atoms with van der Waals surface area (Å²) in [7, 11) is 0. The summed E-state index contributed by atoms with van der Waals surface area (Å²) in [6.07, 6.45) is 1.97. The van der Waals surface area contributed by atoms with Crippen molar-refractivity contribution in [3.05, 3.63) is 69.7 Å². The molecule has 3 heterocycles. The lowest BCUT2D eigenvalue weighted by Gasteiger charge is -2.32. The minimum atomic E-state index is -0.161. The van der Waals surface area contributed by atoms with Crippen molar-refractivity contribution in [3.63, 3.8) is 0 Å². The maximum absolute atomic E-state index is 13.1. The molecule has 5 rings (SSSR count). The molecule has 0 bridgehead atoms. The predicted molar refractivity (Wildman–Crippen MR) is 119 cm³/mol. The lowest BCUT2D eigenvalue weighted by atomic mass is 9.98. The van der Waals surface area contributed by atoms with Crippen LogP contribution in [0, 0.1) is 6.92 Å². The van der Waals surface area contributed by atoms with E-state index >= 15 is 0 Å². The number of carbonyl (C=O) groups excluding carboxylic acids is 1. The van der Waals surface area contributed by atoms with Crippen LogP contribution < -0.4 is 5.56 Å². The van der Waals surface area contributed by atoms with Crippen LogP contribution in [0.25, 0.3) is 21.1 Å². The van der Waals surface area contributed by atoms with Crippen molar-refractivity contribution in [2.45, 2.75) is 32.2 Å². The van der Waals surface area contributed by atoms with E-state index in [1.54, 1.807) is 24.3 Å². The van der Waals surface area contributed by atoms with Crippen LogP contribution in [0.2, 0.25) is 0 Å². The fourth-order valence-electron chi connectivity index (χ4n) is 4.17. The van der Waals surface area contributed by atoms with E-state index in [1.807, 2.05) is 41.3 Å². The van der Waals surface area contributed by atoms with Gasteiger partial charge in [-0.25, -0.2) is 9.97 Å². The topological polar surface area (TPSA) is 68.1 Å². The summed E-state index contributed by atoms with van der Waals surface area (Å²) < 4.78 is 2.67. The van der Waals surface area contributed by atoms with Crippen LogP contribution in [0.1, 0.15) is 29.6 Å². The van der Waals surface area contributed by atoms with E-state index in [0.717, 1.165) is 29.9 Å². The second kappa shape index (κ2) is 7.65. The molecular weight excluding hydrogens is 396 g/mol. The Bertz CT molecular complexity index is 1280. The summed E-state index contributed by atoms with van der Waals surface area (Å²) in [6, 6.07) is 15.4. The molecule has 1 unspecified atom stereocenters. The SMILES string of the molecule is Cc1nc2ccccc2c(=O)n1CC(=O)N1CCCC(c2nc3ccccc3s2)C1. The zero-order valence-electron chi connectivity index (χ0n) is 16.7. The lowest BCUT2D eigenvalue weighted by molar-refractivity contribution is -0.133. The first-order chi connectivity index (χ1) is 14.6. The summed E-state index contributed by atoms with van der Waals surface area (Å²) >= 11 is 1.71. The lowest BCUT2D eigenvalue weighted by Crippen LogP contribution is -2.42. The molecule has 1 amide bonds. The van der Waals surface area contributed by atoms with E-state index in [-0.39, 0.29) is 23.9 Å². The van der Waals surface area contributed by atoms with Gasteiger partial charge in [0.1, 0.15) is 12.4 Å². The fourth-order valence-corrected chi connectivity index (χ4v) is 5.26. The van der Waals surface area contributed by atoms with Gasteiger partial charge in [0, 0.05) is 19.0 Å². The smallest absolute Gasteiger partial charge is 0.261 e. The number of thiazole rings is 1. The monoisotopic (exact) mass is 418 g/mol. The molecule has 2 aromatic heterocycles. The average Bonchev–Trinajstić information content (AvgIpc) is 3.21. The first kappa shape index (κ1) is 18.9. The summed E-state index contributed by atoms with van der Waals surface area (Å²) in [5.41, 5.74) is 1.52. The molecule has 0 aliphatic carbocycles. The molecule has 1 fully saturated rings. The van der Waals surface area contributed by atoms with Crippen LogP contribution in [0.15, 0.2) is 53.3 Å². The molecule has 0 N–H and O–H groups in total. The number of aromatic nitrogens is 3. The Kier molecular flexibility index (Phi) is 4.83. The number of rotatable bonds is 3. The minimum absolute atomic E-state index is 0.0229. The summed E-state index contributed by atoms with van der Waals surface area (Å²) in [5.74, 6) is 0.766. The van der Waals surface area contributed by atoms with Gasteiger partial charge < -0.3 is 4.90 Å². The molecule has 4 aromatic rings. The van der Waals surface area contributed by atoms with Gasteiger partial charge in [-0.15, -0.1) is 11.3 Å². The molecular formula is C23H22N4O2S. The molecule has 1 atom stereocenters. The second-order valence-electron chi connectivity index (χ2n) is 7.77. The van der Waals surface area contributed by atoms with Crippen molar-refractivity contribution in [1.82, 2.24) is 19.4 Å². The maximum Gasteiger partial charge on any atom is 0.261 e. The molecule has 0 spiro atoms. The van der Waals surface area contributed by atoms with Crippen molar-refractivity contribution in [1.29, 1.82) is 0 Å². The highest BCUT2D eigenvalue weighted by Crippen LogP contribution is 2.33. The molecule has 2 aromatic carbocycles. The molecule has 1 aliphatic rings. The van der Waals surface area contributed by atoms with Crippen molar-refractivity contribution in [3.8, 4) is 0 Å². The van der Waals surface area contributed by atoms with E-state index in [9.17, 15) is 9.59 Å². The van der Waals surface area contributed by atoms with Gasteiger partial charge in [0.25, 0.3) is 5.56 Å². The van der Waals surface area contributed by atoms with Gasteiger partial charge in [-0.1, -0.05) is 24.3 Å². The zero-order chi connectivity index (χ0) is 20.7. The van der Waals surface area contributed by atoms with Crippen molar-refractivity contribution < 1.29 is 4.79 Å². The molecule has 1 saturated heterocycles. The Balaban J connectivity index is 1.37. The first-order valence-corrected chi connectivity index (χ1v) is 11.0. The highest BCUT2D eigenvalue weighted by molar-refractivity contribution is 7.18. The van der Waals surface area contributed by atoms with Gasteiger partial charge in [0.2, 0.25) is 5.91 Å². The van der Waals surface area contributed by atoms with Gasteiger partial charge in [-0.3, -0.25) is 14.2 Å². The number of hydrogen-bond donors (Lipinski definition) is 0. The van der Waals surface area contributed by atoms with Crippen molar-refractivity contribution >= 4 is 38.4 Å². The predicted octanol–water partition coefficient (Wildman–Crippen LogP) is 3.72. The third-order valence-corrected chi connectivity index (χ3v) is 6.98. The normalized spacial score (nSPS) is 17.0. The Morgan fingerprint density at radius 1 is 1.10 bits per heavy atom. The molecule has 7 heteroatoms. The van der Waals surface area contributed by atoms with E-state index in [4.69, 9.17) is 4.98 Å². The third kappa shape index (κ3) is 3.39. The number of aryl methyl sites for hydroxylation is 1. The van der Waals surface area contributed by atoms with Crippen LogP contribution in [0.3, 0.4) is 0 Å². The standard InChI is InChI=1S/C23H22N4O2S/c1-15-24-18-9-3-2-8-17(18)23(29)27(15)14-21(28)26-12-6-7-16(13-26)22-25-19-10-4-5-11-20(19)30-22/h2-5,8-11,16H,6-7,12-14H2,1H3. The van der Waals surface area contributed by atoms with E-state index in [1.165, 1.54) is 9.27 Å². The Labute approximate surface area is 177 Å². The molecule has 1 aliphatic heterocycles. The quantitative estimate of drug-likeness (QED) is 0.509. The van der Waals surface area contributed by atoms with Crippen LogP contribution in [0.4, 0.5) is 0 Å². The molecule has 0 saturated carbocycles. The van der Waals surface area contributed by atoms with Crippen LogP contribution in [0.5, 0.6) is 0 Å².